The molecule has 0 spiro atoms. The predicted octanol–water partition coefficient (Wildman–Crippen LogP) is 4.95. The average molecular weight is 658 g/mol. The predicted molar refractivity (Wildman–Crippen MR) is 189 cm³/mol. The molecule has 2 amide bonds. The lowest BCUT2D eigenvalue weighted by atomic mass is 9.87. The number of anilines is 1. The minimum atomic E-state index is -0.344. The number of nitrogens with two attached hydrogens (primary N) is 1. The van der Waals surface area contributed by atoms with E-state index in [0.29, 0.717) is 36.7 Å². The molecule has 2 saturated heterocycles. The second-order valence-electron chi connectivity index (χ2n) is 12.3. The van der Waals surface area contributed by atoms with E-state index in [1.807, 2.05) is 25.1 Å². The Balaban J connectivity index is 0.00000552. The van der Waals surface area contributed by atoms with E-state index >= 15 is 0 Å². The quantitative estimate of drug-likeness (QED) is 0.0976. The fourth-order valence-electron chi connectivity index (χ4n) is 6.28. The number of piperidine rings is 2. The minimum Gasteiger partial charge on any atom is -0.388 e. The zero-order valence-corrected chi connectivity index (χ0v) is 28.7. The maximum atomic E-state index is 11.7. The van der Waals surface area contributed by atoms with Crippen molar-refractivity contribution in [3.63, 3.8) is 0 Å². The van der Waals surface area contributed by atoms with Gasteiger partial charge in [-0.1, -0.05) is 31.5 Å². The van der Waals surface area contributed by atoms with Crippen LogP contribution < -0.4 is 16.4 Å². The molecule has 45 heavy (non-hydrogen) atoms. The number of hydrogen-bond donors (Lipinski definition) is 4. The summed E-state index contributed by atoms with van der Waals surface area (Å²) >= 11 is 1.88. The van der Waals surface area contributed by atoms with Crippen molar-refractivity contribution in [3.8, 4) is 0 Å². The maximum absolute atomic E-state index is 11.7. The summed E-state index contributed by atoms with van der Waals surface area (Å²) in [6.45, 7) is 8.16. The van der Waals surface area contributed by atoms with Crippen molar-refractivity contribution in [3.05, 3.63) is 59.2 Å². The van der Waals surface area contributed by atoms with Gasteiger partial charge in [0, 0.05) is 68.9 Å². The van der Waals surface area contributed by atoms with Gasteiger partial charge in [-0.3, -0.25) is 20.3 Å². The van der Waals surface area contributed by atoms with Crippen molar-refractivity contribution in [1.29, 1.82) is 5.41 Å². The number of imide groups is 1. The first-order valence-electron chi connectivity index (χ1n) is 16.1. The van der Waals surface area contributed by atoms with Crippen molar-refractivity contribution >= 4 is 48.2 Å². The molecule has 0 radical (unpaired) electrons. The van der Waals surface area contributed by atoms with Gasteiger partial charge >= 0.3 is 0 Å². The summed E-state index contributed by atoms with van der Waals surface area (Å²) in [5.74, 6) is 1.15. The number of rotatable bonds is 14. The highest BCUT2D eigenvalue weighted by molar-refractivity contribution is 7.97. The van der Waals surface area contributed by atoms with Gasteiger partial charge in [0.15, 0.2) is 0 Å². The summed E-state index contributed by atoms with van der Waals surface area (Å²) < 4.78 is 2.46. The van der Waals surface area contributed by atoms with Crippen LogP contribution in [0.15, 0.2) is 47.4 Å². The summed E-state index contributed by atoms with van der Waals surface area (Å²) in [7, 11) is 3.68. The summed E-state index contributed by atoms with van der Waals surface area (Å²) in [5.41, 5.74) is 10.6. The smallest absolute Gasteiger partial charge is 0.228 e. The second kappa shape index (κ2) is 18.5. The molecule has 5 N–H and O–H groups in total. The Labute approximate surface area is 280 Å². The Morgan fingerprint density at radius 3 is 2.53 bits per heavy atom. The van der Waals surface area contributed by atoms with Gasteiger partial charge in [0.2, 0.25) is 12.3 Å². The van der Waals surface area contributed by atoms with Crippen LogP contribution in [0.5, 0.6) is 0 Å². The van der Waals surface area contributed by atoms with E-state index in [2.05, 4.69) is 63.2 Å². The molecule has 1 atom stereocenters. The van der Waals surface area contributed by atoms with Crippen LogP contribution >= 0.6 is 24.4 Å². The van der Waals surface area contributed by atoms with Crippen LogP contribution in [0.25, 0.3) is 0 Å². The first-order chi connectivity index (χ1) is 21.3. The van der Waals surface area contributed by atoms with Crippen LogP contribution in [-0.4, -0.2) is 91.7 Å². The molecular formula is C34H52ClN7O2S. The Hall–Kier alpha value is -2.63. The van der Waals surface area contributed by atoms with Gasteiger partial charge in [-0.05, 0) is 104 Å². The molecule has 2 aliphatic rings. The number of benzene rings is 2. The van der Waals surface area contributed by atoms with Crippen LogP contribution in [0.2, 0.25) is 0 Å². The van der Waals surface area contributed by atoms with E-state index in [1.54, 1.807) is 11.9 Å². The van der Waals surface area contributed by atoms with Crippen LogP contribution in [0.4, 0.5) is 5.69 Å². The van der Waals surface area contributed by atoms with Crippen molar-refractivity contribution in [1.82, 2.24) is 19.4 Å². The van der Waals surface area contributed by atoms with Gasteiger partial charge < -0.3 is 20.9 Å². The number of carbonyl (C=O) groups excluding carboxylic acids is 2. The number of halogens is 1. The van der Waals surface area contributed by atoms with E-state index in [0.717, 1.165) is 76.1 Å². The van der Waals surface area contributed by atoms with Gasteiger partial charge in [0.1, 0.15) is 5.84 Å². The van der Waals surface area contributed by atoms with Crippen molar-refractivity contribution in [2.75, 3.05) is 58.7 Å². The van der Waals surface area contributed by atoms with E-state index in [-0.39, 0.29) is 24.7 Å². The van der Waals surface area contributed by atoms with Gasteiger partial charge in [0.25, 0.3) is 0 Å². The number of amides is 2. The lowest BCUT2D eigenvalue weighted by molar-refractivity contribution is -0.125. The molecule has 2 heterocycles. The van der Waals surface area contributed by atoms with Crippen molar-refractivity contribution in [2.24, 2.45) is 11.7 Å². The molecule has 2 aromatic rings. The molecule has 1 unspecified atom stereocenters. The lowest BCUT2D eigenvalue weighted by Crippen LogP contribution is -2.37. The van der Waals surface area contributed by atoms with Gasteiger partial charge in [0.05, 0.1) is 0 Å². The normalized spacial score (nSPS) is 17.2. The standard InChI is InChI=1S/C34H51N7O2S.ClH/c1-4-25(20-26-6-5-7-30(21-26)44-41-18-12-29(35)13-19-41)23-40-16-10-27(11-17-40)28-8-9-31(32(22-28)37-2)34(36)39(3)15-14-33(43)38-24-42;/h5-9,21-22,24-25,27,29,36-37H,4,10-20,23,35H2,1-3H3,(H,38,42,43);1H. The van der Waals surface area contributed by atoms with Crippen LogP contribution in [0.1, 0.15) is 68.1 Å². The highest BCUT2D eigenvalue weighted by Gasteiger charge is 2.24. The van der Waals surface area contributed by atoms with Crippen LogP contribution in [-0.2, 0) is 16.0 Å². The number of nitrogens with zero attached hydrogens (tertiary/aromatic N) is 3. The zero-order chi connectivity index (χ0) is 31.5. The molecule has 2 fully saturated rings. The maximum Gasteiger partial charge on any atom is 0.228 e. The monoisotopic (exact) mass is 657 g/mol. The second-order valence-corrected chi connectivity index (χ2v) is 13.5. The molecule has 0 aromatic heterocycles. The largest absolute Gasteiger partial charge is 0.388 e. The summed E-state index contributed by atoms with van der Waals surface area (Å²) in [5, 5.41) is 14.1. The molecule has 248 valence electrons. The van der Waals surface area contributed by atoms with Gasteiger partial charge in [-0.25, -0.2) is 4.31 Å². The fraction of sp³-hybridized carbons (Fsp3) is 0.559. The van der Waals surface area contributed by atoms with Gasteiger partial charge in [-0.2, -0.15) is 0 Å². The Morgan fingerprint density at radius 2 is 1.87 bits per heavy atom. The lowest BCUT2D eigenvalue weighted by Gasteiger charge is -2.34. The SMILES string of the molecule is CCC(Cc1cccc(SN2CCC(N)CC2)c1)CN1CCC(c2ccc(C(=N)N(C)CCC(=O)NC=O)c(NC)c2)CC1.Cl. The fourth-order valence-corrected chi connectivity index (χ4v) is 7.32. The topological polar surface area (TPSA) is 118 Å². The van der Waals surface area contributed by atoms with Crippen molar-refractivity contribution in [2.45, 2.75) is 68.7 Å². The molecule has 9 nitrogen and oxygen atoms in total. The average Bonchev–Trinajstić information content (AvgIpc) is 3.04. The van der Waals surface area contributed by atoms with Crippen LogP contribution in [0.3, 0.4) is 0 Å². The van der Waals surface area contributed by atoms with E-state index in [4.69, 9.17) is 11.1 Å². The molecule has 0 saturated carbocycles. The third kappa shape index (κ3) is 11.0. The third-order valence-electron chi connectivity index (χ3n) is 9.15. The Morgan fingerprint density at radius 1 is 1.13 bits per heavy atom. The highest BCUT2D eigenvalue weighted by atomic mass is 35.5. The number of likely N-dealkylation sites (tertiary alicyclic amines) is 1. The third-order valence-corrected chi connectivity index (χ3v) is 10.2. The van der Waals surface area contributed by atoms with E-state index in [1.165, 1.54) is 22.4 Å². The van der Waals surface area contributed by atoms with E-state index in [9.17, 15) is 9.59 Å². The molecule has 0 bridgehead atoms. The number of nitrogens with one attached hydrogen (secondary N) is 3. The minimum absolute atomic E-state index is 0. The molecular weight excluding hydrogens is 606 g/mol. The molecule has 4 rings (SSSR count). The first-order valence-corrected chi connectivity index (χ1v) is 16.9. The number of carbonyl (C=O) groups is 2. The number of amidine groups is 1. The highest BCUT2D eigenvalue weighted by Crippen LogP contribution is 2.32. The number of hydrogen-bond acceptors (Lipinski definition) is 8. The molecule has 0 aliphatic carbocycles. The molecule has 2 aliphatic heterocycles. The zero-order valence-electron chi connectivity index (χ0n) is 27.1. The van der Waals surface area contributed by atoms with Crippen molar-refractivity contribution < 1.29 is 9.59 Å². The Kier molecular flexibility index (Phi) is 15.1. The van der Waals surface area contributed by atoms with Gasteiger partial charge in [-0.15, -0.1) is 12.4 Å². The summed E-state index contributed by atoms with van der Waals surface area (Å²) in [4.78, 5) is 27.9. The van der Waals surface area contributed by atoms with E-state index < -0.39 is 0 Å². The molecule has 11 heteroatoms. The summed E-state index contributed by atoms with van der Waals surface area (Å²) in [6.07, 6.45) is 7.27. The van der Waals surface area contributed by atoms with Crippen LogP contribution in [0, 0.1) is 11.3 Å². The molecule has 2 aromatic carbocycles. The Bertz CT molecular complexity index is 1250. The summed E-state index contributed by atoms with van der Waals surface area (Å²) in [6, 6.07) is 15.9. The first kappa shape index (κ1) is 36.8.